The number of carbonyl (C=O) groups excluding carboxylic acids is 1. The summed E-state index contributed by atoms with van der Waals surface area (Å²) in [5, 5.41) is 0.0507. The number of hydrogen-bond acceptors (Lipinski definition) is 3. The van der Waals surface area contributed by atoms with Crippen LogP contribution in [0.1, 0.15) is 11.1 Å². The lowest BCUT2D eigenvalue weighted by molar-refractivity contribution is -0.139. The second-order valence-electron chi connectivity index (χ2n) is 4.33. The van der Waals surface area contributed by atoms with Gasteiger partial charge in [-0.2, -0.15) is 0 Å². The van der Waals surface area contributed by atoms with E-state index < -0.39 is 5.97 Å². The Kier molecular flexibility index (Phi) is 5.41. The van der Waals surface area contributed by atoms with E-state index in [2.05, 4.69) is 0 Å². The summed E-state index contributed by atoms with van der Waals surface area (Å²) in [5.41, 5.74) is 1.72. The maximum absolute atomic E-state index is 11.8. The summed E-state index contributed by atoms with van der Waals surface area (Å²) in [5.74, 6) is 0.212. The Morgan fingerprint density at radius 1 is 1.10 bits per heavy atom. The van der Waals surface area contributed by atoms with E-state index in [0.717, 1.165) is 16.9 Å². The number of rotatable bonds is 5. The molecule has 0 saturated carbocycles. The molecule has 0 unspecified atom stereocenters. The Labute approximate surface area is 128 Å². The van der Waals surface area contributed by atoms with Crippen LogP contribution in [0.2, 0.25) is 0 Å². The zero-order valence-electron chi connectivity index (χ0n) is 11.6. The third kappa shape index (κ3) is 4.65. The normalized spacial score (nSPS) is 11.0. The first-order chi connectivity index (χ1) is 10.2. The summed E-state index contributed by atoms with van der Waals surface area (Å²) in [6.07, 6.45) is 1.58. The highest BCUT2D eigenvalue weighted by molar-refractivity contribution is 6.43. The highest BCUT2D eigenvalue weighted by Gasteiger charge is 2.08. The molecular formula is C17H15ClO3. The smallest absolute Gasteiger partial charge is 0.350 e. The molecule has 0 aliphatic rings. The minimum absolute atomic E-state index is 0.0507. The van der Waals surface area contributed by atoms with E-state index in [1.165, 1.54) is 0 Å². The van der Waals surface area contributed by atoms with E-state index in [-0.39, 0.29) is 11.6 Å². The van der Waals surface area contributed by atoms with Crippen LogP contribution < -0.4 is 4.74 Å². The Balaban J connectivity index is 1.93. The number of carbonyl (C=O) groups is 1. The third-order valence-electron chi connectivity index (χ3n) is 2.82. The van der Waals surface area contributed by atoms with Gasteiger partial charge in [0.25, 0.3) is 0 Å². The van der Waals surface area contributed by atoms with Gasteiger partial charge in [0.05, 0.1) is 7.11 Å². The molecule has 0 aromatic heterocycles. The van der Waals surface area contributed by atoms with Crippen molar-refractivity contribution < 1.29 is 14.3 Å². The zero-order valence-corrected chi connectivity index (χ0v) is 12.3. The molecule has 0 fully saturated rings. The van der Waals surface area contributed by atoms with Crippen molar-refractivity contribution >= 4 is 23.6 Å². The van der Waals surface area contributed by atoms with Gasteiger partial charge in [-0.15, -0.1) is 0 Å². The van der Waals surface area contributed by atoms with E-state index in [1.54, 1.807) is 13.2 Å². The van der Waals surface area contributed by atoms with Gasteiger partial charge in [0.2, 0.25) is 0 Å². The van der Waals surface area contributed by atoms with Gasteiger partial charge < -0.3 is 9.47 Å². The summed E-state index contributed by atoms with van der Waals surface area (Å²) in [6.45, 7) is 0.168. The maximum Gasteiger partial charge on any atom is 0.350 e. The minimum Gasteiger partial charge on any atom is -0.497 e. The molecule has 0 saturated heterocycles. The topological polar surface area (TPSA) is 35.5 Å². The Bertz CT molecular complexity index is 618. The van der Waals surface area contributed by atoms with E-state index in [1.807, 2.05) is 54.6 Å². The average molecular weight is 303 g/mol. The lowest BCUT2D eigenvalue weighted by Crippen LogP contribution is -2.04. The summed E-state index contributed by atoms with van der Waals surface area (Å²) >= 11 is 5.95. The van der Waals surface area contributed by atoms with Crippen molar-refractivity contribution in [1.29, 1.82) is 0 Å². The SMILES string of the molecule is COc1ccc(COC(=O)/C(Cl)=C/c2ccccc2)cc1. The van der Waals surface area contributed by atoms with Gasteiger partial charge in [-0.3, -0.25) is 0 Å². The van der Waals surface area contributed by atoms with Gasteiger partial charge in [-0.1, -0.05) is 54.1 Å². The number of esters is 1. The van der Waals surface area contributed by atoms with E-state index in [4.69, 9.17) is 21.1 Å². The first-order valence-corrected chi connectivity index (χ1v) is 6.79. The first kappa shape index (κ1) is 15.1. The molecule has 3 nitrogen and oxygen atoms in total. The van der Waals surface area contributed by atoms with E-state index in [9.17, 15) is 4.79 Å². The number of benzene rings is 2. The molecule has 2 rings (SSSR count). The van der Waals surface area contributed by atoms with Gasteiger partial charge in [0.15, 0.2) is 0 Å². The molecule has 0 aliphatic heterocycles. The van der Waals surface area contributed by atoms with Crippen molar-refractivity contribution in [2.24, 2.45) is 0 Å². The van der Waals surface area contributed by atoms with Crippen LogP contribution in [0.5, 0.6) is 5.75 Å². The molecular weight excluding hydrogens is 288 g/mol. The van der Waals surface area contributed by atoms with Crippen molar-refractivity contribution in [3.05, 3.63) is 70.8 Å². The maximum atomic E-state index is 11.8. The first-order valence-electron chi connectivity index (χ1n) is 6.41. The Hall–Kier alpha value is -2.26. The predicted octanol–water partition coefficient (Wildman–Crippen LogP) is 4.02. The standard InChI is InChI=1S/C17H15ClO3/c1-20-15-9-7-14(8-10-15)12-21-17(19)16(18)11-13-5-3-2-4-6-13/h2-11H,12H2,1H3/b16-11-. The highest BCUT2D eigenvalue weighted by Crippen LogP contribution is 2.15. The van der Waals surface area contributed by atoms with Gasteiger partial charge >= 0.3 is 5.97 Å². The summed E-state index contributed by atoms with van der Waals surface area (Å²) in [6, 6.07) is 16.7. The molecule has 2 aromatic carbocycles. The van der Waals surface area contributed by atoms with Crippen LogP contribution in [0.15, 0.2) is 59.6 Å². The number of ether oxygens (including phenoxy) is 2. The molecule has 4 heteroatoms. The van der Waals surface area contributed by atoms with Crippen LogP contribution in [0.25, 0.3) is 6.08 Å². The van der Waals surface area contributed by atoms with Crippen molar-refractivity contribution in [3.63, 3.8) is 0 Å². The van der Waals surface area contributed by atoms with Gasteiger partial charge in [0, 0.05) is 0 Å². The molecule has 21 heavy (non-hydrogen) atoms. The molecule has 0 amide bonds. The summed E-state index contributed by atoms with van der Waals surface area (Å²) in [4.78, 5) is 11.8. The lowest BCUT2D eigenvalue weighted by Gasteiger charge is -2.05. The molecule has 108 valence electrons. The summed E-state index contributed by atoms with van der Waals surface area (Å²) in [7, 11) is 1.60. The fourth-order valence-electron chi connectivity index (χ4n) is 1.69. The lowest BCUT2D eigenvalue weighted by atomic mass is 10.2. The van der Waals surface area contributed by atoms with Crippen molar-refractivity contribution in [3.8, 4) is 5.75 Å². The van der Waals surface area contributed by atoms with Crippen molar-refractivity contribution in [2.75, 3.05) is 7.11 Å². The minimum atomic E-state index is -0.545. The van der Waals surface area contributed by atoms with Crippen molar-refractivity contribution in [1.82, 2.24) is 0 Å². The predicted molar refractivity (Wildman–Crippen MR) is 83.1 cm³/mol. The van der Waals surface area contributed by atoms with Crippen LogP contribution >= 0.6 is 11.6 Å². The summed E-state index contributed by atoms with van der Waals surface area (Å²) < 4.78 is 10.2. The monoisotopic (exact) mass is 302 g/mol. The van der Waals surface area contributed by atoms with Gasteiger partial charge in [-0.25, -0.2) is 4.79 Å². The average Bonchev–Trinajstić information content (AvgIpc) is 2.54. The quantitative estimate of drug-likeness (QED) is 0.618. The molecule has 2 aromatic rings. The fourth-order valence-corrected chi connectivity index (χ4v) is 1.87. The van der Waals surface area contributed by atoms with Crippen LogP contribution in [-0.2, 0) is 16.1 Å². The second-order valence-corrected chi connectivity index (χ2v) is 4.73. The van der Waals surface area contributed by atoms with Crippen LogP contribution in [-0.4, -0.2) is 13.1 Å². The molecule has 0 atom stereocenters. The fraction of sp³-hybridized carbons (Fsp3) is 0.118. The molecule has 0 spiro atoms. The van der Waals surface area contributed by atoms with Crippen molar-refractivity contribution in [2.45, 2.75) is 6.61 Å². The number of halogens is 1. The molecule has 0 bridgehead atoms. The van der Waals surface area contributed by atoms with Crippen LogP contribution in [0.3, 0.4) is 0 Å². The zero-order chi connectivity index (χ0) is 15.1. The highest BCUT2D eigenvalue weighted by atomic mass is 35.5. The van der Waals surface area contributed by atoms with E-state index >= 15 is 0 Å². The van der Waals surface area contributed by atoms with Gasteiger partial charge in [-0.05, 0) is 29.3 Å². The van der Waals surface area contributed by atoms with Crippen LogP contribution in [0.4, 0.5) is 0 Å². The Morgan fingerprint density at radius 3 is 2.38 bits per heavy atom. The molecule has 0 radical (unpaired) electrons. The largest absolute Gasteiger partial charge is 0.497 e. The van der Waals surface area contributed by atoms with Gasteiger partial charge in [0.1, 0.15) is 17.4 Å². The van der Waals surface area contributed by atoms with E-state index in [0.29, 0.717) is 0 Å². The Morgan fingerprint density at radius 2 is 1.76 bits per heavy atom. The van der Waals surface area contributed by atoms with Crippen LogP contribution in [0, 0.1) is 0 Å². The second kappa shape index (κ2) is 7.50. The number of methoxy groups -OCH3 is 1. The number of hydrogen-bond donors (Lipinski definition) is 0. The molecule has 0 N–H and O–H groups in total. The third-order valence-corrected chi connectivity index (χ3v) is 3.08. The molecule has 0 heterocycles. The molecule has 0 aliphatic carbocycles.